The van der Waals surface area contributed by atoms with Crippen LogP contribution in [0, 0.1) is 0 Å². The summed E-state index contributed by atoms with van der Waals surface area (Å²) < 4.78 is 0. The Morgan fingerprint density at radius 2 is 2.16 bits per heavy atom. The fourth-order valence-electron chi connectivity index (χ4n) is 2.06. The fraction of sp³-hybridized carbons (Fsp3) is 0.429. The van der Waals surface area contributed by atoms with Crippen molar-refractivity contribution in [1.82, 2.24) is 14.9 Å². The van der Waals surface area contributed by atoms with Crippen molar-refractivity contribution in [3.63, 3.8) is 0 Å². The van der Waals surface area contributed by atoms with Crippen molar-refractivity contribution < 1.29 is 5.11 Å². The summed E-state index contributed by atoms with van der Waals surface area (Å²) in [4.78, 5) is 21.4. The van der Waals surface area contributed by atoms with Gasteiger partial charge in [0.2, 0.25) is 0 Å². The van der Waals surface area contributed by atoms with Crippen LogP contribution in [-0.2, 0) is 6.54 Å². The monoisotopic (exact) mass is 261 g/mol. The summed E-state index contributed by atoms with van der Waals surface area (Å²) in [7, 11) is 0. The summed E-state index contributed by atoms with van der Waals surface area (Å²) in [6, 6.07) is 7.33. The standard InChI is InChI=1S/C14H19N3O2/c1-2-17(8-5-9-18)10-13-15-12-7-4-3-6-11(12)14(19)16-13/h3-4,6-7,18H,2,5,8-10H2,1H3,(H,15,16,19). The van der Waals surface area contributed by atoms with E-state index in [0.29, 0.717) is 17.8 Å². The molecule has 0 atom stereocenters. The normalized spacial score (nSPS) is 11.3. The van der Waals surface area contributed by atoms with E-state index >= 15 is 0 Å². The maximum absolute atomic E-state index is 11.9. The number of aromatic nitrogens is 2. The van der Waals surface area contributed by atoms with Gasteiger partial charge in [0.05, 0.1) is 17.4 Å². The number of rotatable bonds is 6. The van der Waals surface area contributed by atoms with Crippen LogP contribution >= 0.6 is 0 Å². The van der Waals surface area contributed by atoms with Gasteiger partial charge in [-0.2, -0.15) is 0 Å². The van der Waals surface area contributed by atoms with Gasteiger partial charge >= 0.3 is 0 Å². The zero-order valence-electron chi connectivity index (χ0n) is 11.1. The third kappa shape index (κ3) is 3.39. The second-order valence-corrected chi connectivity index (χ2v) is 4.48. The van der Waals surface area contributed by atoms with Crippen LogP contribution in [0.4, 0.5) is 0 Å². The number of aromatic amines is 1. The molecule has 0 bridgehead atoms. The van der Waals surface area contributed by atoms with E-state index in [4.69, 9.17) is 5.11 Å². The number of aliphatic hydroxyl groups excluding tert-OH is 1. The molecule has 0 amide bonds. The van der Waals surface area contributed by atoms with Crippen LogP contribution in [0.3, 0.4) is 0 Å². The molecule has 0 saturated carbocycles. The summed E-state index contributed by atoms with van der Waals surface area (Å²) in [5.74, 6) is 0.670. The molecule has 19 heavy (non-hydrogen) atoms. The molecular formula is C14H19N3O2. The Labute approximate surface area is 111 Å². The lowest BCUT2D eigenvalue weighted by atomic mass is 10.2. The highest BCUT2D eigenvalue weighted by Gasteiger charge is 2.07. The van der Waals surface area contributed by atoms with Crippen molar-refractivity contribution in [2.24, 2.45) is 0 Å². The molecule has 1 aromatic carbocycles. The number of H-pyrrole nitrogens is 1. The van der Waals surface area contributed by atoms with Gasteiger partial charge in [0.15, 0.2) is 0 Å². The van der Waals surface area contributed by atoms with E-state index < -0.39 is 0 Å². The summed E-state index contributed by atoms with van der Waals surface area (Å²) in [5, 5.41) is 9.48. The van der Waals surface area contributed by atoms with Crippen LogP contribution in [0.1, 0.15) is 19.2 Å². The average molecular weight is 261 g/mol. The maximum Gasteiger partial charge on any atom is 0.258 e. The number of fused-ring (bicyclic) bond motifs is 1. The van der Waals surface area contributed by atoms with Gasteiger partial charge in [-0.05, 0) is 25.1 Å². The first-order chi connectivity index (χ1) is 9.24. The van der Waals surface area contributed by atoms with Crippen LogP contribution in [0.2, 0.25) is 0 Å². The number of para-hydroxylation sites is 1. The molecule has 0 aliphatic carbocycles. The first-order valence-corrected chi connectivity index (χ1v) is 6.55. The topological polar surface area (TPSA) is 69.2 Å². The van der Waals surface area contributed by atoms with Crippen LogP contribution in [0.25, 0.3) is 10.9 Å². The number of hydrogen-bond acceptors (Lipinski definition) is 4. The Hall–Kier alpha value is -1.72. The van der Waals surface area contributed by atoms with Crippen molar-refractivity contribution in [2.45, 2.75) is 19.9 Å². The van der Waals surface area contributed by atoms with Crippen molar-refractivity contribution in [1.29, 1.82) is 0 Å². The molecule has 0 radical (unpaired) electrons. The van der Waals surface area contributed by atoms with Gasteiger partial charge in [-0.3, -0.25) is 9.69 Å². The summed E-state index contributed by atoms with van der Waals surface area (Å²) >= 11 is 0. The molecular weight excluding hydrogens is 242 g/mol. The van der Waals surface area contributed by atoms with Crippen LogP contribution in [-0.4, -0.2) is 39.7 Å². The van der Waals surface area contributed by atoms with E-state index in [0.717, 1.165) is 25.0 Å². The Morgan fingerprint density at radius 1 is 1.37 bits per heavy atom. The lowest BCUT2D eigenvalue weighted by molar-refractivity contribution is 0.222. The van der Waals surface area contributed by atoms with Crippen LogP contribution < -0.4 is 5.56 Å². The highest BCUT2D eigenvalue weighted by molar-refractivity contribution is 5.77. The third-order valence-electron chi connectivity index (χ3n) is 3.11. The number of nitrogens with one attached hydrogen (secondary N) is 1. The fourth-order valence-corrected chi connectivity index (χ4v) is 2.06. The predicted octanol–water partition coefficient (Wildman–Crippen LogP) is 1.13. The maximum atomic E-state index is 11.9. The number of hydrogen-bond donors (Lipinski definition) is 2. The van der Waals surface area contributed by atoms with Crippen molar-refractivity contribution >= 4 is 10.9 Å². The van der Waals surface area contributed by atoms with Crippen molar-refractivity contribution in [2.75, 3.05) is 19.7 Å². The van der Waals surface area contributed by atoms with E-state index in [1.165, 1.54) is 0 Å². The predicted molar refractivity (Wildman–Crippen MR) is 75.0 cm³/mol. The van der Waals surface area contributed by atoms with E-state index in [2.05, 4.69) is 21.8 Å². The molecule has 0 fully saturated rings. The minimum absolute atomic E-state index is 0.0983. The molecule has 2 rings (SSSR count). The van der Waals surface area contributed by atoms with Crippen LogP contribution in [0.5, 0.6) is 0 Å². The Balaban J connectivity index is 2.23. The van der Waals surface area contributed by atoms with Gasteiger partial charge in [-0.15, -0.1) is 0 Å². The smallest absolute Gasteiger partial charge is 0.258 e. The molecule has 0 saturated heterocycles. The lowest BCUT2D eigenvalue weighted by Crippen LogP contribution is -2.27. The molecule has 0 aliphatic heterocycles. The lowest BCUT2D eigenvalue weighted by Gasteiger charge is -2.19. The van der Waals surface area contributed by atoms with Gasteiger partial charge < -0.3 is 10.1 Å². The molecule has 0 aliphatic rings. The van der Waals surface area contributed by atoms with Crippen LogP contribution in [0.15, 0.2) is 29.1 Å². The average Bonchev–Trinajstić information content (AvgIpc) is 2.43. The molecule has 0 spiro atoms. The molecule has 5 heteroatoms. The number of benzene rings is 1. The summed E-state index contributed by atoms with van der Waals surface area (Å²) in [6.07, 6.45) is 0.728. The summed E-state index contributed by atoms with van der Waals surface area (Å²) in [6.45, 7) is 4.48. The Kier molecular flexibility index (Phi) is 4.65. The molecule has 102 valence electrons. The van der Waals surface area contributed by atoms with Gasteiger partial charge in [0.1, 0.15) is 5.82 Å². The third-order valence-corrected chi connectivity index (χ3v) is 3.11. The first-order valence-electron chi connectivity index (χ1n) is 6.55. The highest BCUT2D eigenvalue weighted by atomic mass is 16.3. The number of aliphatic hydroxyl groups is 1. The molecule has 0 unspecified atom stereocenters. The SMILES string of the molecule is CCN(CCCO)Cc1nc2ccccc2c(=O)[nH]1. The zero-order chi connectivity index (χ0) is 13.7. The second kappa shape index (κ2) is 6.45. The molecule has 1 heterocycles. The van der Waals surface area contributed by atoms with E-state index in [-0.39, 0.29) is 12.2 Å². The Bertz CT molecular complexity index is 595. The molecule has 5 nitrogen and oxygen atoms in total. The second-order valence-electron chi connectivity index (χ2n) is 4.48. The number of nitrogens with zero attached hydrogens (tertiary/aromatic N) is 2. The van der Waals surface area contributed by atoms with E-state index in [1.807, 2.05) is 18.2 Å². The highest BCUT2D eigenvalue weighted by Crippen LogP contribution is 2.07. The van der Waals surface area contributed by atoms with Crippen molar-refractivity contribution in [3.8, 4) is 0 Å². The first kappa shape index (κ1) is 13.7. The summed E-state index contributed by atoms with van der Waals surface area (Å²) in [5.41, 5.74) is 0.623. The van der Waals surface area contributed by atoms with Gasteiger partial charge in [-0.25, -0.2) is 4.98 Å². The largest absolute Gasteiger partial charge is 0.396 e. The van der Waals surface area contributed by atoms with Gasteiger partial charge in [0, 0.05) is 13.2 Å². The van der Waals surface area contributed by atoms with Gasteiger partial charge in [0.25, 0.3) is 5.56 Å². The quantitative estimate of drug-likeness (QED) is 0.818. The van der Waals surface area contributed by atoms with Gasteiger partial charge in [-0.1, -0.05) is 19.1 Å². The zero-order valence-corrected chi connectivity index (χ0v) is 11.1. The minimum Gasteiger partial charge on any atom is -0.396 e. The van der Waals surface area contributed by atoms with Crippen molar-refractivity contribution in [3.05, 3.63) is 40.4 Å². The Morgan fingerprint density at radius 3 is 2.89 bits per heavy atom. The molecule has 2 aromatic rings. The van der Waals surface area contributed by atoms with E-state index in [1.54, 1.807) is 6.07 Å². The molecule has 2 N–H and O–H groups in total. The minimum atomic E-state index is -0.0983. The molecule has 1 aromatic heterocycles. The van der Waals surface area contributed by atoms with E-state index in [9.17, 15) is 4.79 Å².